The molecule has 82 valence electrons. The van der Waals surface area contributed by atoms with E-state index in [1.54, 1.807) is 6.20 Å². The van der Waals surface area contributed by atoms with Gasteiger partial charge in [0.15, 0.2) is 0 Å². The predicted octanol–water partition coefficient (Wildman–Crippen LogP) is 1.38. The first-order valence-corrected chi connectivity index (χ1v) is 5.53. The molecule has 1 fully saturated rings. The van der Waals surface area contributed by atoms with Gasteiger partial charge in [0, 0.05) is 30.2 Å². The first kappa shape index (κ1) is 9.39. The van der Waals surface area contributed by atoms with E-state index in [9.17, 15) is 4.79 Å². The maximum absolute atomic E-state index is 11.1. The first-order chi connectivity index (χ1) is 7.83. The summed E-state index contributed by atoms with van der Waals surface area (Å²) in [7, 11) is 0. The second kappa shape index (κ2) is 3.63. The van der Waals surface area contributed by atoms with Gasteiger partial charge in [-0.05, 0) is 30.5 Å². The van der Waals surface area contributed by atoms with E-state index in [0.29, 0.717) is 6.42 Å². The van der Waals surface area contributed by atoms with Gasteiger partial charge in [-0.25, -0.2) is 4.98 Å². The summed E-state index contributed by atoms with van der Waals surface area (Å²) in [4.78, 5) is 18.5. The van der Waals surface area contributed by atoms with Crippen molar-refractivity contribution in [3.8, 4) is 0 Å². The second-order valence-corrected chi connectivity index (χ2v) is 4.22. The van der Waals surface area contributed by atoms with Crippen LogP contribution in [0.1, 0.15) is 18.4 Å². The van der Waals surface area contributed by atoms with E-state index in [2.05, 4.69) is 21.4 Å². The van der Waals surface area contributed by atoms with Crippen molar-refractivity contribution < 1.29 is 4.79 Å². The summed E-state index contributed by atoms with van der Waals surface area (Å²) in [6.45, 7) is 0. The smallest absolute Gasteiger partial charge is 0.220 e. The van der Waals surface area contributed by atoms with Crippen molar-refractivity contribution in [3.05, 3.63) is 30.1 Å². The lowest BCUT2D eigenvalue weighted by atomic mass is 10.1. The van der Waals surface area contributed by atoms with Crippen molar-refractivity contribution in [1.29, 1.82) is 0 Å². The molecule has 0 spiro atoms. The number of carbonyl (C=O) groups excluding carboxylic acids is 1. The van der Waals surface area contributed by atoms with Gasteiger partial charge in [0.2, 0.25) is 5.91 Å². The fourth-order valence-electron chi connectivity index (χ4n) is 2.28. The fourth-order valence-corrected chi connectivity index (χ4v) is 2.28. The topological polar surface area (TPSA) is 57.8 Å². The molecule has 2 N–H and O–H groups in total. The van der Waals surface area contributed by atoms with E-state index in [1.807, 2.05) is 12.3 Å². The number of H-pyrrole nitrogens is 1. The lowest BCUT2D eigenvalue weighted by Crippen LogP contribution is -2.27. The molecule has 2 aromatic rings. The Hall–Kier alpha value is -1.84. The molecule has 1 amide bonds. The van der Waals surface area contributed by atoms with Crippen LogP contribution in [0.2, 0.25) is 0 Å². The van der Waals surface area contributed by atoms with Crippen molar-refractivity contribution in [1.82, 2.24) is 15.3 Å². The number of aromatic nitrogens is 2. The number of nitrogens with one attached hydrogen (secondary N) is 2. The molecule has 2 aromatic heterocycles. The SMILES string of the molecule is O=C1CCC(Cc2c[nH]c3ncccc23)N1. The zero-order valence-corrected chi connectivity index (χ0v) is 8.86. The Balaban J connectivity index is 1.86. The van der Waals surface area contributed by atoms with E-state index < -0.39 is 0 Å². The Morgan fingerprint density at radius 3 is 3.25 bits per heavy atom. The molecule has 3 rings (SSSR count). The molecule has 16 heavy (non-hydrogen) atoms. The van der Waals surface area contributed by atoms with Crippen LogP contribution in [0.3, 0.4) is 0 Å². The summed E-state index contributed by atoms with van der Waals surface area (Å²) in [5.74, 6) is 0.169. The molecule has 0 aromatic carbocycles. The molecule has 1 aliphatic heterocycles. The van der Waals surface area contributed by atoms with Crippen molar-refractivity contribution in [3.63, 3.8) is 0 Å². The Bertz CT molecular complexity index is 532. The monoisotopic (exact) mass is 215 g/mol. The third kappa shape index (κ3) is 1.56. The largest absolute Gasteiger partial charge is 0.353 e. The molecule has 0 bridgehead atoms. The zero-order chi connectivity index (χ0) is 11.0. The van der Waals surface area contributed by atoms with Crippen molar-refractivity contribution in [2.45, 2.75) is 25.3 Å². The molecule has 1 unspecified atom stereocenters. The summed E-state index contributed by atoms with van der Waals surface area (Å²) < 4.78 is 0. The number of nitrogens with zero attached hydrogens (tertiary/aromatic N) is 1. The van der Waals surface area contributed by atoms with Crippen LogP contribution in [0.5, 0.6) is 0 Å². The van der Waals surface area contributed by atoms with Gasteiger partial charge in [-0.3, -0.25) is 4.79 Å². The number of aromatic amines is 1. The molecule has 0 saturated carbocycles. The van der Waals surface area contributed by atoms with Gasteiger partial charge in [0.05, 0.1) is 0 Å². The minimum atomic E-state index is 0.169. The maximum atomic E-state index is 11.1. The van der Waals surface area contributed by atoms with E-state index >= 15 is 0 Å². The molecular weight excluding hydrogens is 202 g/mol. The zero-order valence-electron chi connectivity index (χ0n) is 8.86. The molecular formula is C12H13N3O. The summed E-state index contributed by atoms with van der Waals surface area (Å²) >= 11 is 0. The number of fused-ring (bicyclic) bond motifs is 1. The average Bonchev–Trinajstić information content (AvgIpc) is 2.87. The Morgan fingerprint density at radius 2 is 2.44 bits per heavy atom. The molecule has 3 heterocycles. The maximum Gasteiger partial charge on any atom is 0.220 e. The van der Waals surface area contributed by atoms with E-state index in [1.165, 1.54) is 5.56 Å². The normalized spacial score (nSPS) is 20.2. The standard InChI is InChI=1S/C12H13N3O/c16-11-4-3-9(15-11)6-8-7-14-12-10(8)2-1-5-13-12/h1-2,5,7,9H,3-4,6H2,(H,13,14)(H,15,16). The van der Waals surface area contributed by atoms with Crippen molar-refractivity contribution in [2.24, 2.45) is 0 Å². The lowest BCUT2D eigenvalue weighted by Gasteiger charge is -2.08. The van der Waals surface area contributed by atoms with Gasteiger partial charge >= 0.3 is 0 Å². The Labute approximate surface area is 93.1 Å². The van der Waals surface area contributed by atoms with Crippen molar-refractivity contribution in [2.75, 3.05) is 0 Å². The van der Waals surface area contributed by atoms with Gasteiger partial charge < -0.3 is 10.3 Å². The number of pyridine rings is 1. The highest BCUT2D eigenvalue weighted by Gasteiger charge is 2.21. The molecule has 1 saturated heterocycles. The number of hydrogen-bond acceptors (Lipinski definition) is 2. The van der Waals surface area contributed by atoms with Gasteiger partial charge in [0.25, 0.3) is 0 Å². The highest BCUT2D eigenvalue weighted by molar-refractivity contribution is 5.81. The van der Waals surface area contributed by atoms with Gasteiger partial charge in [-0.15, -0.1) is 0 Å². The van der Waals surface area contributed by atoms with E-state index in [4.69, 9.17) is 0 Å². The average molecular weight is 215 g/mol. The summed E-state index contributed by atoms with van der Waals surface area (Å²) in [6, 6.07) is 4.28. The van der Waals surface area contributed by atoms with Crippen LogP contribution in [0.15, 0.2) is 24.5 Å². The van der Waals surface area contributed by atoms with Crippen LogP contribution in [0, 0.1) is 0 Å². The quantitative estimate of drug-likeness (QED) is 0.795. The van der Waals surface area contributed by atoms with Gasteiger partial charge in [0.1, 0.15) is 5.65 Å². The molecule has 4 heteroatoms. The Kier molecular flexibility index (Phi) is 2.13. The molecule has 0 radical (unpaired) electrons. The first-order valence-electron chi connectivity index (χ1n) is 5.53. The molecule has 1 aliphatic rings. The highest BCUT2D eigenvalue weighted by Crippen LogP contribution is 2.20. The summed E-state index contributed by atoms with van der Waals surface area (Å²) in [5.41, 5.74) is 2.15. The van der Waals surface area contributed by atoms with Crippen LogP contribution in [-0.2, 0) is 11.2 Å². The van der Waals surface area contributed by atoms with Crippen LogP contribution >= 0.6 is 0 Å². The molecule has 4 nitrogen and oxygen atoms in total. The second-order valence-electron chi connectivity index (χ2n) is 4.22. The number of rotatable bonds is 2. The van der Waals surface area contributed by atoms with E-state index in [-0.39, 0.29) is 11.9 Å². The number of hydrogen-bond donors (Lipinski definition) is 2. The lowest BCUT2D eigenvalue weighted by molar-refractivity contribution is -0.119. The third-order valence-electron chi connectivity index (χ3n) is 3.09. The minimum absolute atomic E-state index is 0.169. The van der Waals surface area contributed by atoms with Crippen LogP contribution < -0.4 is 5.32 Å². The molecule has 1 atom stereocenters. The number of amides is 1. The molecule has 0 aliphatic carbocycles. The van der Waals surface area contributed by atoms with E-state index in [0.717, 1.165) is 23.9 Å². The Morgan fingerprint density at radius 1 is 1.50 bits per heavy atom. The van der Waals surface area contributed by atoms with Crippen LogP contribution in [0.25, 0.3) is 11.0 Å². The summed E-state index contributed by atoms with van der Waals surface area (Å²) in [6.07, 6.45) is 6.25. The number of carbonyl (C=O) groups is 1. The van der Waals surface area contributed by atoms with Crippen molar-refractivity contribution >= 4 is 16.9 Å². The predicted molar refractivity (Wildman–Crippen MR) is 61.0 cm³/mol. The van der Waals surface area contributed by atoms with Crippen LogP contribution in [-0.4, -0.2) is 21.9 Å². The highest BCUT2D eigenvalue weighted by atomic mass is 16.1. The summed E-state index contributed by atoms with van der Waals surface area (Å²) in [5, 5.41) is 4.14. The van der Waals surface area contributed by atoms with Crippen LogP contribution in [0.4, 0.5) is 0 Å². The fraction of sp³-hybridized carbons (Fsp3) is 0.333. The third-order valence-corrected chi connectivity index (χ3v) is 3.09. The van der Waals surface area contributed by atoms with Gasteiger partial charge in [-0.1, -0.05) is 0 Å². The minimum Gasteiger partial charge on any atom is -0.353 e. The van der Waals surface area contributed by atoms with Gasteiger partial charge in [-0.2, -0.15) is 0 Å².